The molecular weight excluding hydrogens is 903 g/mol. The zero-order valence-corrected chi connectivity index (χ0v) is 34.9. The second kappa shape index (κ2) is 17.5. The molecule has 7 aromatic carbocycles. The van der Waals surface area contributed by atoms with Crippen LogP contribution in [-0.4, -0.2) is 14.5 Å². The van der Waals surface area contributed by atoms with Crippen molar-refractivity contribution in [1.82, 2.24) is 14.5 Å². The minimum Gasteiger partial charge on any atom is -0.332 e. The zero-order valence-electron chi connectivity index (χ0n) is 34.7. The third kappa shape index (κ3) is 8.12. The molecule has 0 atom stereocenters. The number of benzene rings is 7. The fraction of sp³-hybridized carbons (Fsp3) is 0.0566. The Morgan fingerprint density at radius 2 is 1.33 bits per heavy atom. The number of nitrogens with zero attached hydrogens (tertiary/aromatic N) is 3. The molecule has 283 valence electrons. The van der Waals surface area contributed by atoms with E-state index in [1.54, 1.807) is 29.5 Å². The van der Waals surface area contributed by atoms with Gasteiger partial charge in [0.2, 0.25) is 0 Å². The Balaban J connectivity index is 0.000000255. The molecule has 1 radical (unpaired) electrons. The minimum atomic E-state index is -2.09. The van der Waals surface area contributed by atoms with Crippen LogP contribution in [0.5, 0.6) is 0 Å². The van der Waals surface area contributed by atoms with E-state index in [1.807, 2.05) is 18.2 Å². The molecule has 0 bridgehead atoms. The molecule has 0 saturated heterocycles. The Kier molecular flexibility index (Phi) is 10.6. The molecule has 0 spiro atoms. The molecule has 0 aliphatic carbocycles. The van der Waals surface area contributed by atoms with Gasteiger partial charge in [-0.15, -0.1) is 47.3 Å². The quantitative estimate of drug-likeness (QED) is 0.149. The number of fused-ring (bicyclic) bond motifs is 2. The molecule has 0 saturated carbocycles. The van der Waals surface area contributed by atoms with Gasteiger partial charge in [-0.25, -0.2) is 0 Å². The maximum atomic E-state index is 7.23. The maximum absolute atomic E-state index is 7.23. The molecule has 5 heteroatoms. The van der Waals surface area contributed by atoms with E-state index in [1.165, 1.54) is 55.2 Å². The summed E-state index contributed by atoms with van der Waals surface area (Å²) < 4.78 is 25.3. The van der Waals surface area contributed by atoms with E-state index < -0.39 is 6.85 Å². The predicted molar refractivity (Wildman–Crippen MR) is 239 cm³/mol. The molecule has 10 rings (SSSR count). The summed E-state index contributed by atoms with van der Waals surface area (Å²) in [6.45, 7) is 0.0932. The summed E-state index contributed by atoms with van der Waals surface area (Å²) in [6.07, 6.45) is 2.28. The standard InChI is InChI=1S/C41H29N2S.C12H10N.Ir/c1-28-23-33(31-15-7-3-8-16-31)40(34(24-28)32-17-9-4-10-18-32)43-38-20-12-11-19-37(38)42-41(43)36-27-44-39-22-21-30(26-35(36)39)25-29-13-5-2-6-14-29;1-10-7-8-12(13-9-10)11-5-3-2-4-6-11;/h2-24,26H,25H2,1H3;2-5,7-9H,1H3;/q2*-1;/i;1D3;. The van der Waals surface area contributed by atoms with E-state index in [2.05, 4.69) is 174 Å². The average molecular weight is 945 g/mol. The summed E-state index contributed by atoms with van der Waals surface area (Å²) in [5.41, 5.74) is 14.6. The van der Waals surface area contributed by atoms with Gasteiger partial charge >= 0.3 is 0 Å². The summed E-state index contributed by atoms with van der Waals surface area (Å²) in [5.74, 6) is 0.910. The third-order valence-corrected chi connectivity index (χ3v) is 10.9. The summed E-state index contributed by atoms with van der Waals surface area (Å²) in [5, 5.41) is 4.87. The summed E-state index contributed by atoms with van der Waals surface area (Å²) in [7, 11) is 0. The van der Waals surface area contributed by atoms with Crippen molar-refractivity contribution in [2.24, 2.45) is 0 Å². The molecule has 0 aliphatic heterocycles. The third-order valence-electron chi connectivity index (χ3n) is 10.0. The number of hydrogen-bond donors (Lipinski definition) is 0. The van der Waals surface area contributed by atoms with Gasteiger partial charge in [-0.2, -0.15) is 0 Å². The van der Waals surface area contributed by atoms with Gasteiger partial charge in [0.25, 0.3) is 0 Å². The second-order valence-corrected chi connectivity index (χ2v) is 14.8. The van der Waals surface area contributed by atoms with E-state index >= 15 is 0 Å². The van der Waals surface area contributed by atoms with Gasteiger partial charge in [-0.1, -0.05) is 149 Å². The van der Waals surface area contributed by atoms with Crippen LogP contribution < -0.4 is 0 Å². The molecule has 3 heterocycles. The normalized spacial score (nSPS) is 11.8. The number of rotatable bonds is 7. The van der Waals surface area contributed by atoms with Crippen LogP contribution in [0.3, 0.4) is 0 Å². The molecule has 0 N–H and O–H groups in total. The van der Waals surface area contributed by atoms with Gasteiger partial charge in [0, 0.05) is 41.5 Å². The Bertz CT molecular complexity index is 2980. The molecule has 0 amide bonds. The summed E-state index contributed by atoms with van der Waals surface area (Å²) >= 11 is 1.66. The zero-order chi connectivity index (χ0) is 41.1. The first kappa shape index (κ1) is 35.0. The van der Waals surface area contributed by atoms with Gasteiger partial charge < -0.3 is 9.55 Å². The molecule has 0 fully saturated rings. The summed E-state index contributed by atoms with van der Waals surface area (Å²) in [6, 6.07) is 65.8. The topological polar surface area (TPSA) is 30.7 Å². The van der Waals surface area contributed by atoms with Gasteiger partial charge in [-0.3, -0.25) is 16.3 Å². The number of aromatic nitrogens is 3. The van der Waals surface area contributed by atoms with Crippen LogP contribution in [-0.2, 0) is 26.5 Å². The minimum absolute atomic E-state index is 0. The number of para-hydroxylation sites is 2. The van der Waals surface area contributed by atoms with Crippen LogP contribution in [0.2, 0.25) is 0 Å². The fourth-order valence-electron chi connectivity index (χ4n) is 7.35. The maximum Gasteiger partial charge on any atom is 0.0774 e. The number of imidazole rings is 1. The van der Waals surface area contributed by atoms with Crippen molar-refractivity contribution in [3.05, 3.63) is 222 Å². The predicted octanol–water partition coefficient (Wildman–Crippen LogP) is 13.8. The van der Waals surface area contributed by atoms with Crippen molar-refractivity contribution in [2.75, 3.05) is 0 Å². The average Bonchev–Trinajstić information content (AvgIpc) is 3.88. The monoisotopic (exact) mass is 945 g/mol. The number of thiophene rings is 1. The van der Waals surface area contributed by atoms with Gasteiger partial charge in [-0.05, 0) is 78.0 Å². The van der Waals surface area contributed by atoms with E-state index in [0.717, 1.165) is 45.8 Å². The molecule has 58 heavy (non-hydrogen) atoms. The number of hydrogen-bond acceptors (Lipinski definition) is 3. The van der Waals surface area contributed by atoms with Crippen LogP contribution >= 0.6 is 11.3 Å². The van der Waals surface area contributed by atoms with Crippen molar-refractivity contribution < 1.29 is 24.2 Å². The van der Waals surface area contributed by atoms with Crippen LogP contribution in [0.4, 0.5) is 0 Å². The molecule has 3 nitrogen and oxygen atoms in total. The number of aryl methyl sites for hydroxylation is 2. The molecule has 0 unspecified atom stereocenters. The van der Waals surface area contributed by atoms with E-state index in [-0.39, 0.29) is 25.7 Å². The van der Waals surface area contributed by atoms with Crippen molar-refractivity contribution >= 4 is 32.5 Å². The van der Waals surface area contributed by atoms with Crippen molar-refractivity contribution in [2.45, 2.75) is 20.2 Å². The first-order chi connectivity index (χ1) is 29.3. The smallest absolute Gasteiger partial charge is 0.0774 e. The van der Waals surface area contributed by atoms with E-state index in [0.29, 0.717) is 0 Å². The Hall–Kier alpha value is -6.23. The van der Waals surface area contributed by atoms with Crippen LogP contribution in [0.25, 0.3) is 71.7 Å². The van der Waals surface area contributed by atoms with Crippen molar-refractivity contribution in [1.29, 1.82) is 0 Å². The van der Waals surface area contributed by atoms with Crippen LogP contribution in [0, 0.1) is 25.2 Å². The van der Waals surface area contributed by atoms with Gasteiger partial charge in [0.15, 0.2) is 0 Å². The van der Waals surface area contributed by atoms with Gasteiger partial charge in [0.05, 0.1) is 22.5 Å². The first-order valence-electron chi connectivity index (χ1n) is 20.4. The van der Waals surface area contributed by atoms with Crippen molar-refractivity contribution in [3.63, 3.8) is 0 Å². The SMILES string of the molecule is Cc1cc(-c2ccccc2)c(-n2c(-c3[c-]sc4ccc(Cc5ccccc5)cc34)nc3ccccc32)c(-c2ccccc2)c1.[2H]C([2H])([2H])c1ccc(-c2[c-]cccc2)nc1.[Ir]. The number of pyridine rings is 1. The molecule has 10 aromatic rings. The molecular formula is C53H39IrN3S-2. The summed E-state index contributed by atoms with van der Waals surface area (Å²) in [4.78, 5) is 9.45. The Labute approximate surface area is 361 Å². The van der Waals surface area contributed by atoms with E-state index in [4.69, 9.17) is 9.10 Å². The second-order valence-electron chi connectivity index (χ2n) is 14.0. The first-order valence-corrected chi connectivity index (χ1v) is 19.8. The van der Waals surface area contributed by atoms with Gasteiger partial charge in [0.1, 0.15) is 0 Å². The van der Waals surface area contributed by atoms with Crippen LogP contribution in [0.1, 0.15) is 26.4 Å². The largest absolute Gasteiger partial charge is 0.332 e. The van der Waals surface area contributed by atoms with Crippen molar-refractivity contribution in [3.8, 4) is 50.6 Å². The van der Waals surface area contributed by atoms with E-state index in [9.17, 15) is 0 Å². The molecule has 3 aromatic heterocycles. The molecule has 0 aliphatic rings. The Morgan fingerprint density at radius 3 is 1.98 bits per heavy atom. The Morgan fingerprint density at radius 1 is 0.655 bits per heavy atom. The van der Waals surface area contributed by atoms with Crippen LogP contribution in [0.15, 0.2) is 188 Å². The fourth-order valence-corrected chi connectivity index (χ4v) is 8.17.